The minimum Gasteiger partial charge on any atom is -0.206 e. The summed E-state index contributed by atoms with van der Waals surface area (Å²) in [5, 5.41) is 8.54. The normalized spacial score (nSPS) is 11.1. The lowest BCUT2D eigenvalue weighted by Crippen LogP contribution is -1.81. The van der Waals surface area contributed by atoms with Gasteiger partial charge in [-0.2, -0.15) is 5.26 Å². The fourth-order valence-corrected chi connectivity index (χ4v) is 1.20. The summed E-state index contributed by atoms with van der Waals surface area (Å²) < 4.78 is 13.3. The van der Waals surface area contributed by atoms with Crippen LogP contribution in [0.3, 0.4) is 0 Å². The lowest BCUT2D eigenvalue weighted by molar-refractivity contribution is 0.621. The number of nitrogens with zero attached hydrogens (tertiary/aromatic N) is 1. The molecule has 1 aromatic carbocycles. The van der Waals surface area contributed by atoms with E-state index in [0.717, 1.165) is 6.08 Å². The fraction of sp³-hybridized carbons (Fsp3) is 0. The molecule has 13 heavy (non-hydrogen) atoms. The van der Waals surface area contributed by atoms with Crippen molar-refractivity contribution in [2.75, 3.05) is 0 Å². The first-order valence-electron chi connectivity index (χ1n) is 3.36. The number of benzene rings is 1. The van der Waals surface area contributed by atoms with E-state index < -0.39 is 5.82 Å². The van der Waals surface area contributed by atoms with E-state index in [-0.39, 0.29) is 5.03 Å². The summed E-state index contributed by atoms with van der Waals surface area (Å²) in [4.78, 5) is 0. The van der Waals surface area contributed by atoms with Crippen molar-refractivity contribution in [1.29, 1.82) is 5.26 Å². The van der Waals surface area contributed by atoms with Crippen LogP contribution < -0.4 is 0 Å². The molecule has 0 fully saturated rings. The molecule has 0 radical (unpaired) electrons. The van der Waals surface area contributed by atoms with Gasteiger partial charge in [0.05, 0.1) is 15.6 Å². The molecular formula is C9H4BrClFN. The van der Waals surface area contributed by atoms with E-state index in [0.29, 0.717) is 10.0 Å². The molecule has 66 valence electrons. The van der Waals surface area contributed by atoms with Gasteiger partial charge in [-0.3, -0.25) is 0 Å². The smallest absolute Gasteiger partial charge is 0.138 e. The highest BCUT2D eigenvalue weighted by Gasteiger charge is 2.02. The molecule has 1 aromatic rings. The summed E-state index contributed by atoms with van der Waals surface area (Å²) in [6, 6.07) is 6.20. The van der Waals surface area contributed by atoms with E-state index in [4.69, 9.17) is 16.9 Å². The Labute approximate surface area is 88.6 Å². The largest absolute Gasteiger partial charge is 0.206 e. The second-order valence-corrected chi connectivity index (χ2v) is 3.51. The summed E-state index contributed by atoms with van der Waals surface area (Å²) >= 11 is 8.70. The molecule has 1 rings (SSSR count). The van der Waals surface area contributed by atoms with E-state index in [1.807, 2.05) is 0 Å². The zero-order valence-corrected chi connectivity index (χ0v) is 8.73. The average Bonchev–Trinajstić information content (AvgIpc) is 2.10. The second kappa shape index (κ2) is 4.40. The van der Waals surface area contributed by atoms with E-state index in [9.17, 15) is 4.39 Å². The first kappa shape index (κ1) is 10.2. The van der Waals surface area contributed by atoms with Crippen LogP contribution in [0.15, 0.2) is 28.7 Å². The number of hydrogen-bond acceptors (Lipinski definition) is 1. The molecule has 0 aliphatic rings. The maximum absolute atomic E-state index is 13.0. The molecular weight excluding hydrogens is 256 g/mol. The number of halogens is 3. The van der Waals surface area contributed by atoms with Crippen molar-refractivity contribution < 1.29 is 4.39 Å². The first-order chi connectivity index (χ1) is 6.15. The number of hydrogen-bond donors (Lipinski definition) is 0. The second-order valence-electron chi connectivity index (χ2n) is 2.25. The van der Waals surface area contributed by atoms with Crippen LogP contribution in [0.5, 0.6) is 0 Å². The SMILES string of the molecule is N#C/C=C(\Cl)c1ccc(Br)c(F)c1. The third-order valence-corrected chi connectivity index (χ3v) is 2.36. The molecule has 0 saturated carbocycles. The summed E-state index contributed by atoms with van der Waals surface area (Å²) in [6.07, 6.45) is 1.16. The molecule has 1 nitrogen and oxygen atoms in total. The van der Waals surface area contributed by atoms with E-state index >= 15 is 0 Å². The molecule has 0 saturated heterocycles. The first-order valence-corrected chi connectivity index (χ1v) is 4.53. The molecule has 0 aliphatic heterocycles. The molecule has 0 amide bonds. The van der Waals surface area contributed by atoms with E-state index in [1.165, 1.54) is 12.1 Å². The van der Waals surface area contributed by atoms with Crippen LogP contribution in [0, 0.1) is 17.1 Å². The highest BCUT2D eigenvalue weighted by molar-refractivity contribution is 9.10. The van der Waals surface area contributed by atoms with Crippen molar-refractivity contribution in [3.63, 3.8) is 0 Å². The Balaban J connectivity index is 3.13. The Morgan fingerprint density at radius 2 is 2.31 bits per heavy atom. The van der Waals surface area contributed by atoms with E-state index in [2.05, 4.69) is 15.9 Å². The summed E-state index contributed by atoms with van der Waals surface area (Å²) in [5.74, 6) is -0.401. The monoisotopic (exact) mass is 259 g/mol. The average molecular weight is 260 g/mol. The Morgan fingerprint density at radius 1 is 1.62 bits per heavy atom. The van der Waals surface area contributed by atoms with Crippen molar-refractivity contribution in [2.24, 2.45) is 0 Å². The highest BCUT2D eigenvalue weighted by Crippen LogP contribution is 2.23. The molecule has 4 heteroatoms. The third kappa shape index (κ3) is 2.55. The van der Waals surface area contributed by atoms with Gasteiger partial charge >= 0.3 is 0 Å². The Morgan fingerprint density at radius 3 is 2.85 bits per heavy atom. The van der Waals surface area contributed by atoms with Crippen molar-refractivity contribution in [3.05, 3.63) is 40.1 Å². The van der Waals surface area contributed by atoms with Crippen molar-refractivity contribution in [2.45, 2.75) is 0 Å². The predicted octanol–water partition coefficient (Wildman–Crippen LogP) is 3.69. The number of nitriles is 1. The van der Waals surface area contributed by atoms with Crippen molar-refractivity contribution in [3.8, 4) is 6.07 Å². The van der Waals surface area contributed by atoms with Gasteiger partial charge in [0.15, 0.2) is 0 Å². The molecule has 0 heterocycles. The molecule has 0 spiro atoms. The van der Waals surface area contributed by atoms with Crippen LogP contribution in [-0.4, -0.2) is 0 Å². The van der Waals surface area contributed by atoms with Gasteiger partial charge in [-0.05, 0) is 33.6 Å². The minimum absolute atomic E-state index is 0.230. The summed E-state index contributed by atoms with van der Waals surface area (Å²) in [7, 11) is 0. The standard InChI is InChI=1S/C9H4BrClFN/c10-7-2-1-6(5-9(7)12)8(11)3-4-13/h1-3,5H/b8-3-. The van der Waals surface area contributed by atoms with E-state index in [1.54, 1.807) is 12.1 Å². The minimum atomic E-state index is -0.401. The Bertz CT molecular complexity index is 395. The number of rotatable bonds is 1. The van der Waals surface area contributed by atoms with Gasteiger partial charge in [0.1, 0.15) is 5.82 Å². The molecule has 0 unspecified atom stereocenters. The molecule has 0 aliphatic carbocycles. The lowest BCUT2D eigenvalue weighted by Gasteiger charge is -1.99. The predicted molar refractivity (Wildman–Crippen MR) is 53.5 cm³/mol. The summed E-state index contributed by atoms with van der Waals surface area (Å²) in [5.41, 5.74) is 0.490. The van der Waals surface area contributed by atoms with Gasteiger partial charge in [-0.25, -0.2) is 4.39 Å². The van der Waals surface area contributed by atoms with Crippen LogP contribution in [0.1, 0.15) is 5.56 Å². The Hall–Kier alpha value is -0.850. The molecule has 0 bridgehead atoms. The van der Waals surface area contributed by atoms with Crippen LogP contribution in [0.4, 0.5) is 4.39 Å². The topological polar surface area (TPSA) is 23.8 Å². The van der Waals surface area contributed by atoms with Gasteiger partial charge < -0.3 is 0 Å². The maximum Gasteiger partial charge on any atom is 0.138 e. The zero-order valence-electron chi connectivity index (χ0n) is 6.39. The zero-order chi connectivity index (χ0) is 9.84. The molecule has 0 atom stereocenters. The highest BCUT2D eigenvalue weighted by atomic mass is 79.9. The molecule has 0 N–H and O–H groups in total. The summed E-state index contributed by atoms with van der Waals surface area (Å²) in [6.45, 7) is 0. The van der Waals surface area contributed by atoms with Crippen molar-refractivity contribution in [1.82, 2.24) is 0 Å². The van der Waals surface area contributed by atoms with Gasteiger partial charge in [-0.1, -0.05) is 17.7 Å². The quantitative estimate of drug-likeness (QED) is 0.707. The third-order valence-electron chi connectivity index (χ3n) is 1.39. The van der Waals surface area contributed by atoms with Crippen LogP contribution >= 0.6 is 27.5 Å². The maximum atomic E-state index is 13.0. The van der Waals surface area contributed by atoms with Crippen LogP contribution in [0.2, 0.25) is 0 Å². The van der Waals surface area contributed by atoms with Crippen LogP contribution in [0.25, 0.3) is 5.03 Å². The fourth-order valence-electron chi connectivity index (χ4n) is 0.785. The number of allylic oxidation sites excluding steroid dienone is 1. The Kier molecular flexibility index (Phi) is 3.47. The lowest BCUT2D eigenvalue weighted by atomic mass is 10.2. The van der Waals surface area contributed by atoms with Crippen molar-refractivity contribution >= 4 is 32.6 Å². The van der Waals surface area contributed by atoms with Gasteiger partial charge in [0.25, 0.3) is 0 Å². The van der Waals surface area contributed by atoms with Gasteiger partial charge in [0, 0.05) is 6.08 Å². The van der Waals surface area contributed by atoms with Gasteiger partial charge in [-0.15, -0.1) is 0 Å². The molecule has 0 aromatic heterocycles. The van der Waals surface area contributed by atoms with Gasteiger partial charge in [0.2, 0.25) is 0 Å². The van der Waals surface area contributed by atoms with Crippen LogP contribution in [-0.2, 0) is 0 Å².